The molecule has 26 heavy (non-hydrogen) atoms. The minimum Gasteiger partial charge on any atom is -0.482 e. The van der Waals surface area contributed by atoms with E-state index in [-0.39, 0.29) is 6.61 Å². The van der Waals surface area contributed by atoms with Gasteiger partial charge in [-0.3, -0.25) is 4.79 Å². The van der Waals surface area contributed by atoms with Gasteiger partial charge in [0.1, 0.15) is 5.75 Å². The van der Waals surface area contributed by atoms with Gasteiger partial charge in [-0.05, 0) is 68.7 Å². The molecule has 0 radical (unpaired) electrons. The first-order chi connectivity index (χ1) is 12.3. The van der Waals surface area contributed by atoms with Crippen LogP contribution in [0.3, 0.4) is 0 Å². The Bertz CT molecular complexity index is 819. The number of hydrogen-bond donors (Lipinski definition) is 1. The number of carbonyl (C=O) groups excluding carboxylic acids is 2. The number of amides is 1. The number of aryl methyl sites for hydroxylation is 3. The Labute approximate surface area is 158 Å². The third-order valence-electron chi connectivity index (χ3n) is 3.95. The number of ether oxygens (including phenoxy) is 2. The highest BCUT2D eigenvalue weighted by atomic mass is 35.5. The number of esters is 1. The van der Waals surface area contributed by atoms with Crippen LogP contribution < -0.4 is 10.1 Å². The summed E-state index contributed by atoms with van der Waals surface area (Å²) >= 11 is 6.03. The molecule has 0 heterocycles. The second-order valence-electron chi connectivity index (χ2n) is 6.12. The van der Waals surface area contributed by atoms with E-state index in [1.165, 1.54) is 6.92 Å². The molecule has 138 valence electrons. The lowest BCUT2D eigenvalue weighted by Crippen LogP contribution is -2.31. The zero-order valence-electron chi connectivity index (χ0n) is 15.3. The van der Waals surface area contributed by atoms with Crippen molar-refractivity contribution in [3.05, 3.63) is 58.1 Å². The fraction of sp³-hybridized carbons (Fsp3) is 0.300. The molecule has 5 nitrogen and oxygen atoms in total. The number of nitrogens with one attached hydrogen (secondary N) is 1. The van der Waals surface area contributed by atoms with Gasteiger partial charge in [-0.1, -0.05) is 23.7 Å². The quantitative estimate of drug-likeness (QED) is 0.768. The summed E-state index contributed by atoms with van der Waals surface area (Å²) in [6.07, 6.45) is -0.953. The summed E-state index contributed by atoms with van der Waals surface area (Å²) < 4.78 is 10.5. The number of anilines is 1. The molecule has 0 aliphatic rings. The lowest BCUT2D eigenvalue weighted by atomic mass is 10.1. The first-order valence-electron chi connectivity index (χ1n) is 8.23. The van der Waals surface area contributed by atoms with Crippen LogP contribution in [0.1, 0.15) is 23.6 Å². The summed E-state index contributed by atoms with van der Waals surface area (Å²) in [5, 5.41) is 3.21. The van der Waals surface area contributed by atoms with Crippen molar-refractivity contribution >= 4 is 29.2 Å². The molecule has 2 aromatic rings. The van der Waals surface area contributed by atoms with E-state index in [9.17, 15) is 9.59 Å². The van der Waals surface area contributed by atoms with E-state index in [1.807, 2.05) is 32.9 Å². The molecule has 0 fully saturated rings. The molecule has 1 amide bonds. The van der Waals surface area contributed by atoms with Crippen molar-refractivity contribution in [1.82, 2.24) is 0 Å². The van der Waals surface area contributed by atoms with E-state index in [4.69, 9.17) is 21.1 Å². The predicted molar refractivity (Wildman–Crippen MR) is 102 cm³/mol. The first kappa shape index (κ1) is 19.8. The normalized spacial score (nSPS) is 11.6. The van der Waals surface area contributed by atoms with Gasteiger partial charge in [0.25, 0.3) is 5.91 Å². The molecule has 0 aliphatic carbocycles. The summed E-state index contributed by atoms with van der Waals surface area (Å²) in [6, 6.07) is 10.7. The van der Waals surface area contributed by atoms with Crippen molar-refractivity contribution < 1.29 is 19.1 Å². The van der Waals surface area contributed by atoms with Crippen molar-refractivity contribution in [2.45, 2.75) is 33.8 Å². The minimum atomic E-state index is -0.953. The Morgan fingerprint density at radius 2 is 1.73 bits per heavy atom. The van der Waals surface area contributed by atoms with Crippen molar-refractivity contribution in [2.24, 2.45) is 0 Å². The van der Waals surface area contributed by atoms with Crippen LogP contribution in [0, 0.1) is 20.8 Å². The summed E-state index contributed by atoms with van der Waals surface area (Å²) in [5.41, 5.74) is 3.66. The van der Waals surface area contributed by atoms with Gasteiger partial charge < -0.3 is 14.8 Å². The SMILES string of the molecule is Cc1ccc(OCC(=O)OC(C)C(=O)Nc2ccc(C)c(Cl)c2)cc1C. The maximum Gasteiger partial charge on any atom is 0.344 e. The number of hydrogen-bond acceptors (Lipinski definition) is 4. The number of halogens is 1. The average Bonchev–Trinajstić information content (AvgIpc) is 2.59. The van der Waals surface area contributed by atoms with Crippen LogP contribution in [0.4, 0.5) is 5.69 Å². The summed E-state index contributed by atoms with van der Waals surface area (Å²) in [5.74, 6) is -0.478. The van der Waals surface area contributed by atoms with Crippen molar-refractivity contribution in [2.75, 3.05) is 11.9 Å². The van der Waals surface area contributed by atoms with Gasteiger partial charge in [-0.25, -0.2) is 4.79 Å². The molecule has 0 saturated heterocycles. The maximum absolute atomic E-state index is 12.1. The Morgan fingerprint density at radius 1 is 1.04 bits per heavy atom. The highest BCUT2D eigenvalue weighted by Gasteiger charge is 2.18. The predicted octanol–water partition coefficient (Wildman–Crippen LogP) is 4.21. The van der Waals surface area contributed by atoms with Crippen molar-refractivity contribution in [1.29, 1.82) is 0 Å². The molecule has 6 heteroatoms. The molecule has 2 aromatic carbocycles. The van der Waals surface area contributed by atoms with E-state index >= 15 is 0 Å². The first-order valence-corrected chi connectivity index (χ1v) is 8.60. The smallest absolute Gasteiger partial charge is 0.344 e. The van der Waals surface area contributed by atoms with Crippen LogP contribution in [0.5, 0.6) is 5.75 Å². The summed E-state index contributed by atoms with van der Waals surface area (Å²) in [6.45, 7) is 7.06. The van der Waals surface area contributed by atoms with Gasteiger partial charge >= 0.3 is 5.97 Å². The van der Waals surface area contributed by atoms with E-state index in [2.05, 4.69) is 5.32 Å². The second-order valence-corrected chi connectivity index (χ2v) is 6.53. The van der Waals surface area contributed by atoms with Crippen LogP contribution in [-0.2, 0) is 14.3 Å². The van der Waals surface area contributed by atoms with E-state index < -0.39 is 18.0 Å². The molecule has 0 aliphatic heterocycles. The topological polar surface area (TPSA) is 64.6 Å². The monoisotopic (exact) mass is 375 g/mol. The fourth-order valence-corrected chi connectivity index (χ4v) is 2.33. The van der Waals surface area contributed by atoms with Gasteiger partial charge in [0.05, 0.1) is 0 Å². The van der Waals surface area contributed by atoms with Gasteiger partial charge in [-0.15, -0.1) is 0 Å². The van der Waals surface area contributed by atoms with E-state index in [0.29, 0.717) is 16.5 Å². The fourth-order valence-electron chi connectivity index (χ4n) is 2.15. The van der Waals surface area contributed by atoms with Crippen molar-refractivity contribution in [3.8, 4) is 5.75 Å². The Hall–Kier alpha value is -2.53. The molecular formula is C20H22ClNO4. The van der Waals surface area contributed by atoms with Crippen LogP contribution in [0.2, 0.25) is 5.02 Å². The summed E-state index contributed by atoms with van der Waals surface area (Å²) in [7, 11) is 0. The largest absolute Gasteiger partial charge is 0.482 e. The third-order valence-corrected chi connectivity index (χ3v) is 4.36. The average molecular weight is 376 g/mol. The number of benzene rings is 2. The Balaban J connectivity index is 1.84. The van der Waals surface area contributed by atoms with Crippen LogP contribution >= 0.6 is 11.6 Å². The van der Waals surface area contributed by atoms with Gasteiger partial charge in [0.15, 0.2) is 12.7 Å². The lowest BCUT2D eigenvalue weighted by Gasteiger charge is -2.14. The minimum absolute atomic E-state index is 0.267. The molecule has 2 rings (SSSR count). The molecule has 0 spiro atoms. The highest BCUT2D eigenvalue weighted by molar-refractivity contribution is 6.31. The Morgan fingerprint density at radius 3 is 2.38 bits per heavy atom. The van der Waals surface area contributed by atoms with Crippen LogP contribution in [0.15, 0.2) is 36.4 Å². The third kappa shape index (κ3) is 5.49. The van der Waals surface area contributed by atoms with E-state index in [0.717, 1.165) is 16.7 Å². The van der Waals surface area contributed by atoms with Crippen molar-refractivity contribution in [3.63, 3.8) is 0 Å². The molecular weight excluding hydrogens is 354 g/mol. The van der Waals surface area contributed by atoms with Gasteiger partial charge in [0.2, 0.25) is 0 Å². The molecule has 1 atom stereocenters. The van der Waals surface area contributed by atoms with Gasteiger partial charge in [-0.2, -0.15) is 0 Å². The van der Waals surface area contributed by atoms with Gasteiger partial charge in [0, 0.05) is 10.7 Å². The maximum atomic E-state index is 12.1. The molecule has 0 bridgehead atoms. The Kier molecular flexibility index (Phi) is 6.64. The lowest BCUT2D eigenvalue weighted by molar-refractivity contribution is -0.155. The standard InChI is InChI=1S/C20H22ClNO4/c1-12-6-8-17(9-14(12)3)25-11-19(23)26-15(4)20(24)22-16-7-5-13(2)18(21)10-16/h5-10,15H,11H2,1-4H3,(H,22,24). The second kappa shape index (κ2) is 8.72. The summed E-state index contributed by atoms with van der Waals surface area (Å²) in [4.78, 5) is 24.0. The molecule has 0 saturated carbocycles. The van der Waals surface area contributed by atoms with Crippen LogP contribution in [0.25, 0.3) is 0 Å². The highest BCUT2D eigenvalue weighted by Crippen LogP contribution is 2.20. The zero-order chi connectivity index (χ0) is 19.3. The van der Waals surface area contributed by atoms with E-state index in [1.54, 1.807) is 24.3 Å². The molecule has 1 N–H and O–H groups in total. The van der Waals surface area contributed by atoms with Crippen LogP contribution in [-0.4, -0.2) is 24.6 Å². The zero-order valence-corrected chi connectivity index (χ0v) is 16.0. The number of rotatable bonds is 6. The number of carbonyl (C=O) groups is 2. The molecule has 1 unspecified atom stereocenters. The molecule has 0 aromatic heterocycles.